The first-order valence-corrected chi connectivity index (χ1v) is 4.75. The molecule has 1 aromatic carbocycles. The summed E-state index contributed by atoms with van der Waals surface area (Å²) >= 11 is 0. The molecule has 1 amide bonds. The van der Waals surface area contributed by atoms with Crippen LogP contribution in [0.1, 0.15) is 11.1 Å². The van der Waals surface area contributed by atoms with Crippen molar-refractivity contribution >= 4 is 11.9 Å². The lowest BCUT2D eigenvalue weighted by Gasteiger charge is -2.08. The van der Waals surface area contributed by atoms with E-state index < -0.39 is 18.1 Å². The van der Waals surface area contributed by atoms with Crippen molar-refractivity contribution < 1.29 is 19.8 Å². The number of rotatable bonds is 4. The van der Waals surface area contributed by atoms with Gasteiger partial charge in [0.1, 0.15) is 0 Å². The minimum Gasteiger partial charge on any atom is -0.478 e. The second-order valence-corrected chi connectivity index (χ2v) is 3.47. The van der Waals surface area contributed by atoms with E-state index in [-0.39, 0.29) is 6.42 Å². The number of hydrogen-bond donors (Lipinski definition) is 3. The Labute approximate surface area is 92.7 Å². The average Bonchev–Trinajstić information content (AvgIpc) is 2.21. The fourth-order valence-corrected chi connectivity index (χ4v) is 1.16. The Morgan fingerprint density at radius 1 is 1.31 bits per heavy atom. The van der Waals surface area contributed by atoms with Gasteiger partial charge in [0.05, 0.1) is 6.42 Å². The maximum absolute atomic E-state index is 11.3. The number of aliphatic carboxylic acids is 1. The first-order valence-electron chi connectivity index (χ1n) is 4.75. The van der Waals surface area contributed by atoms with Gasteiger partial charge in [-0.1, -0.05) is 29.8 Å². The lowest BCUT2D eigenvalue weighted by atomic mass is 10.1. The van der Waals surface area contributed by atoms with E-state index in [1.54, 1.807) is 12.1 Å². The molecule has 86 valence electrons. The largest absolute Gasteiger partial charge is 0.478 e. The van der Waals surface area contributed by atoms with Crippen molar-refractivity contribution in [2.45, 2.75) is 19.6 Å². The smallest absolute Gasteiger partial charge is 0.353 e. The molecule has 0 radical (unpaired) electrons. The number of carbonyl (C=O) groups is 2. The molecule has 5 heteroatoms. The summed E-state index contributed by atoms with van der Waals surface area (Å²) in [5.41, 5.74) is 1.84. The highest BCUT2D eigenvalue weighted by molar-refractivity contribution is 5.83. The van der Waals surface area contributed by atoms with E-state index in [9.17, 15) is 9.59 Å². The molecule has 0 spiro atoms. The quantitative estimate of drug-likeness (QED) is 0.630. The highest BCUT2D eigenvalue weighted by atomic mass is 16.4. The Morgan fingerprint density at radius 2 is 1.88 bits per heavy atom. The van der Waals surface area contributed by atoms with E-state index in [0.29, 0.717) is 0 Å². The molecule has 0 aliphatic carbocycles. The Morgan fingerprint density at radius 3 is 2.38 bits per heavy atom. The van der Waals surface area contributed by atoms with Crippen molar-refractivity contribution in [1.29, 1.82) is 0 Å². The Balaban J connectivity index is 2.52. The molecule has 0 bridgehead atoms. The van der Waals surface area contributed by atoms with Gasteiger partial charge in [-0.3, -0.25) is 4.79 Å². The van der Waals surface area contributed by atoms with Crippen LogP contribution in [0.15, 0.2) is 24.3 Å². The first kappa shape index (κ1) is 12.2. The zero-order valence-electron chi connectivity index (χ0n) is 8.80. The van der Waals surface area contributed by atoms with Gasteiger partial charge in [0.15, 0.2) is 0 Å². The normalized spacial score (nSPS) is 11.9. The van der Waals surface area contributed by atoms with E-state index in [0.717, 1.165) is 11.1 Å². The third-order valence-corrected chi connectivity index (χ3v) is 2.02. The lowest BCUT2D eigenvalue weighted by Crippen LogP contribution is -2.41. The van der Waals surface area contributed by atoms with Crippen molar-refractivity contribution in [3.8, 4) is 0 Å². The highest BCUT2D eigenvalue weighted by Gasteiger charge is 2.15. The van der Waals surface area contributed by atoms with Crippen molar-refractivity contribution in [3.05, 3.63) is 35.4 Å². The Bertz CT molecular complexity index is 385. The molecule has 0 aliphatic rings. The summed E-state index contributed by atoms with van der Waals surface area (Å²) in [5, 5.41) is 19.2. The number of aliphatic hydroxyl groups is 1. The number of aryl methyl sites for hydroxylation is 1. The summed E-state index contributed by atoms with van der Waals surface area (Å²) in [6, 6.07) is 7.27. The van der Waals surface area contributed by atoms with Gasteiger partial charge in [-0.25, -0.2) is 4.79 Å². The average molecular weight is 223 g/mol. The van der Waals surface area contributed by atoms with Gasteiger partial charge < -0.3 is 15.5 Å². The number of carbonyl (C=O) groups excluding carboxylic acids is 1. The molecule has 16 heavy (non-hydrogen) atoms. The molecular formula is C11H13NO4. The predicted octanol–water partition coefficient (Wildman–Crippen LogP) is 0.0567. The molecule has 0 heterocycles. The van der Waals surface area contributed by atoms with Crippen LogP contribution in [0.25, 0.3) is 0 Å². The Hall–Kier alpha value is -1.88. The number of carboxylic acids is 1. The van der Waals surface area contributed by atoms with Gasteiger partial charge >= 0.3 is 5.97 Å². The topological polar surface area (TPSA) is 86.6 Å². The molecule has 0 saturated carbocycles. The summed E-state index contributed by atoms with van der Waals surface area (Å²) in [7, 11) is 0. The van der Waals surface area contributed by atoms with Crippen LogP contribution in [-0.4, -0.2) is 28.3 Å². The predicted molar refractivity (Wildman–Crippen MR) is 56.7 cm³/mol. The van der Waals surface area contributed by atoms with Crippen LogP contribution < -0.4 is 5.32 Å². The number of hydrogen-bond acceptors (Lipinski definition) is 3. The van der Waals surface area contributed by atoms with Crippen molar-refractivity contribution in [3.63, 3.8) is 0 Å². The van der Waals surface area contributed by atoms with Gasteiger partial charge in [0.2, 0.25) is 12.1 Å². The third-order valence-electron chi connectivity index (χ3n) is 2.02. The second-order valence-electron chi connectivity index (χ2n) is 3.47. The molecule has 0 aliphatic heterocycles. The zero-order chi connectivity index (χ0) is 12.1. The molecule has 1 aromatic rings. The fraction of sp³-hybridized carbons (Fsp3) is 0.273. The fourth-order valence-electron chi connectivity index (χ4n) is 1.16. The maximum atomic E-state index is 11.3. The molecule has 0 unspecified atom stereocenters. The second kappa shape index (κ2) is 5.27. The van der Waals surface area contributed by atoms with Gasteiger partial charge in [-0.15, -0.1) is 0 Å². The van der Waals surface area contributed by atoms with Crippen LogP contribution in [0.4, 0.5) is 0 Å². The lowest BCUT2D eigenvalue weighted by molar-refractivity contribution is -0.151. The van der Waals surface area contributed by atoms with Crippen LogP contribution in [0.5, 0.6) is 0 Å². The molecule has 1 rings (SSSR count). The summed E-state index contributed by atoms with van der Waals surface area (Å²) in [5.74, 6) is -2.00. The molecule has 1 atom stereocenters. The van der Waals surface area contributed by atoms with Crippen LogP contribution >= 0.6 is 0 Å². The molecule has 0 fully saturated rings. The van der Waals surface area contributed by atoms with Gasteiger partial charge in [-0.2, -0.15) is 0 Å². The van der Waals surface area contributed by atoms with Crippen LogP contribution in [0, 0.1) is 6.92 Å². The molecule has 0 saturated heterocycles. The minimum atomic E-state index is -1.85. The standard InChI is InChI=1S/C11H13NO4/c1-7-2-4-8(5-3-7)6-9(13)12-10(14)11(15)16/h2-5,10,14H,6H2,1H3,(H,12,13)(H,15,16)/t10-/m0/s1. The van der Waals surface area contributed by atoms with E-state index in [2.05, 4.69) is 0 Å². The zero-order valence-corrected chi connectivity index (χ0v) is 8.80. The summed E-state index contributed by atoms with van der Waals surface area (Å²) in [6.07, 6.45) is -1.80. The van der Waals surface area contributed by atoms with Crippen molar-refractivity contribution in [2.24, 2.45) is 0 Å². The first-order chi connectivity index (χ1) is 7.49. The van der Waals surface area contributed by atoms with Crippen LogP contribution in [0.2, 0.25) is 0 Å². The number of nitrogens with one attached hydrogen (secondary N) is 1. The van der Waals surface area contributed by atoms with Crippen LogP contribution in [0.3, 0.4) is 0 Å². The van der Waals surface area contributed by atoms with Gasteiger partial charge in [0.25, 0.3) is 0 Å². The third kappa shape index (κ3) is 3.70. The monoisotopic (exact) mass is 223 g/mol. The van der Waals surface area contributed by atoms with Gasteiger partial charge in [-0.05, 0) is 12.5 Å². The maximum Gasteiger partial charge on any atom is 0.353 e. The Kier molecular flexibility index (Phi) is 4.02. The summed E-state index contributed by atoms with van der Waals surface area (Å²) in [4.78, 5) is 21.5. The molecular weight excluding hydrogens is 210 g/mol. The number of aliphatic hydroxyl groups excluding tert-OH is 1. The summed E-state index contributed by atoms with van der Waals surface area (Å²) < 4.78 is 0. The van der Waals surface area contributed by atoms with E-state index in [4.69, 9.17) is 10.2 Å². The van der Waals surface area contributed by atoms with E-state index in [1.165, 1.54) is 0 Å². The number of benzene rings is 1. The van der Waals surface area contributed by atoms with E-state index in [1.807, 2.05) is 24.4 Å². The molecule has 5 nitrogen and oxygen atoms in total. The number of amides is 1. The van der Waals surface area contributed by atoms with Crippen molar-refractivity contribution in [2.75, 3.05) is 0 Å². The van der Waals surface area contributed by atoms with Crippen LogP contribution in [-0.2, 0) is 16.0 Å². The number of carboxylic acid groups (broad SMARTS) is 1. The summed E-state index contributed by atoms with van der Waals surface area (Å²) in [6.45, 7) is 1.93. The van der Waals surface area contributed by atoms with Crippen molar-refractivity contribution in [1.82, 2.24) is 5.32 Å². The molecule has 0 aromatic heterocycles. The molecule has 3 N–H and O–H groups in total. The highest BCUT2D eigenvalue weighted by Crippen LogP contribution is 2.03. The minimum absolute atomic E-state index is 0.0462. The van der Waals surface area contributed by atoms with Gasteiger partial charge in [0, 0.05) is 0 Å². The van der Waals surface area contributed by atoms with E-state index >= 15 is 0 Å². The SMILES string of the molecule is Cc1ccc(CC(=O)N[C@@H](O)C(=O)O)cc1.